The van der Waals surface area contributed by atoms with Gasteiger partial charge in [-0.1, -0.05) is 0 Å². The Balaban J connectivity index is 1.70. The molecule has 0 spiro atoms. The molecule has 1 amide bonds. The van der Waals surface area contributed by atoms with Crippen molar-refractivity contribution in [1.29, 1.82) is 0 Å². The van der Waals surface area contributed by atoms with E-state index in [1.165, 1.54) is 0 Å². The third kappa shape index (κ3) is 3.75. The van der Waals surface area contributed by atoms with Crippen molar-refractivity contribution in [3.8, 4) is 12.3 Å². The van der Waals surface area contributed by atoms with Gasteiger partial charge in [-0.15, -0.1) is 12.3 Å². The molecule has 0 radical (unpaired) electrons. The fourth-order valence-electron chi connectivity index (χ4n) is 2.53. The molecule has 20 heavy (non-hydrogen) atoms. The van der Waals surface area contributed by atoms with Crippen molar-refractivity contribution in [3.63, 3.8) is 0 Å². The number of piperidine rings is 1. The molecule has 0 atom stereocenters. The summed E-state index contributed by atoms with van der Waals surface area (Å²) in [7, 11) is 0. The number of carbonyl (C=O) groups excluding carboxylic acids is 1. The number of terminal acetylenes is 1. The van der Waals surface area contributed by atoms with Gasteiger partial charge in [-0.05, 0) is 12.8 Å². The molecule has 0 unspecified atom stereocenters. The minimum Gasteiger partial charge on any atom is -0.343 e. The zero-order valence-corrected chi connectivity index (χ0v) is 11.4. The maximum Gasteiger partial charge on any atom is 0.241 e. The number of hydrogen-bond donors (Lipinski definition) is 0. The number of hydrogen-bond acceptors (Lipinski definition) is 3. The summed E-state index contributed by atoms with van der Waals surface area (Å²) in [6, 6.07) is 0. The second-order valence-corrected chi connectivity index (χ2v) is 5.44. The number of amides is 1. The first-order valence-corrected chi connectivity index (χ1v) is 7.00. The van der Waals surface area contributed by atoms with Crippen molar-refractivity contribution in [2.24, 2.45) is 16.1 Å². The van der Waals surface area contributed by atoms with Gasteiger partial charge < -0.3 is 4.90 Å². The molecular weight excluding hydrogens is 264 g/mol. The van der Waals surface area contributed by atoms with Crippen LogP contribution in [-0.2, 0) is 4.79 Å². The predicted molar refractivity (Wildman–Crippen MR) is 70.2 cm³/mol. The maximum absolute atomic E-state index is 12.5. The standard InChI is InChI=1S/C14H19F2N3O/c1-2-3-7-14(17-18-14)8-4-12(20)19-9-5-11(6-10-19)13(15)16/h1,11,13H,3-10H2. The third-order valence-corrected chi connectivity index (χ3v) is 4.04. The van der Waals surface area contributed by atoms with Crippen molar-refractivity contribution in [2.75, 3.05) is 13.1 Å². The van der Waals surface area contributed by atoms with Crippen LogP contribution >= 0.6 is 0 Å². The van der Waals surface area contributed by atoms with Crippen molar-refractivity contribution in [2.45, 2.75) is 50.6 Å². The molecule has 2 aliphatic heterocycles. The average Bonchev–Trinajstić information content (AvgIpc) is 3.23. The van der Waals surface area contributed by atoms with Crippen LogP contribution in [0, 0.1) is 18.3 Å². The van der Waals surface area contributed by atoms with E-state index in [1.807, 2.05) is 0 Å². The molecule has 0 bridgehead atoms. The summed E-state index contributed by atoms with van der Waals surface area (Å²) < 4.78 is 25.1. The Hall–Kier alpha value is -1.51. The lowest BCUT2D eigenvalue weighted by Crippen LogP contribution is -2.40. The Morgan fingerprint density at radius 3 is 2.50 bits per heavy atom. The Morgan fingerprint density at radius 1 is 1.35 bits per heavy atom. The number of alkyl halides is 2. The largest absolute Gasteiger partial charge is 0.343 e. The lowest BCUT2D eigenvalue weighted by atomic mass is 9.96. The Labute approximate surface area is 117 Å². The third-order valence-electron chi connectivity index (χ3n) is 4.04. The summed E-state index contributed by atoms with van der Waals surface area (Å²) in [4.78, 5) is 13.7. The van der Waals surface area contributed by atoms with E-state index in [2.05, 4.69) is 16.1 Å². The molecule has 2 aliphatic rings. The lowest BCUT2D eigenvalue weighted by Gasteiger charge is -2.31. The van der Waals surface area contributed by atoms with Gasteiger partial charge in [0.05, 0.1) is 0 Å². The van der Waals surface area contributed by atoms with Crippen LogP contribution < -0.4 is 0 Å². The van der Waals surface area contributed by atoms with Crippen molar-refractivity contribution >= 4 is 5.91 Å². The molecule has 6 heteroatoms. The highest BCUT2D eigenvalue weighted by atomic mass is 19.3. The molecule has 2 rings (SSSR count). The normalized spacial score (nSPS) is 21.0. The lowest BCUT2D eigenvalue weighted by molar-refractivity contribution is -0.133. The van der Waals surface area contributed by atoms with Gasteiger partial charge in [-0.3, -0.25) is 4.79 Å². The van der Waals surface area contributed by atoms with Gasteiger partial charge in [-0.25, -0.2) is 8.78 Å². The van der Waals surface area contributed by atoms with E-state index in [0.717, 1.165) is 0 Å². The number of rotatable bonds is 6. The van der Waals surface area contributed by atoms with Gasteiger partial charge in [0.25, 0.3) is 0 Å². The smallest absolute Gasteiger partial charge is 0.241 e. The molecule has 0 N–H and O–H groups in total. The highest BCUT2D eigenvalue weighted by Gasteiger charge is 2.40. The van der Waals surface area contributed by atoms with E-state index >= 15 is 0 Å². The topological polar surface area (TPSA) is 45.0 Å². The van der Waals surface area contributed by atoms with Crippen LogP contribution in [0.5, 0.6) is 0 Å². The Morgan fingerprint density at radius 2 is 2.00 bits per heavy atom. The van der Waals surface area contributed by atoms with E-state index in [4.69, 9.17) is 6.42 Å². The highest BCUT2D eigenvalue weighted by molar-refractivity contribution is 5.76. The van der Waals surface area contributed by atoms with Crippen LogP contribution in [0.4, 0.5) is 8.78 Å². The van der Waals surface area contributed by atoms with Gasteiger partial charge >= 0.3 is 0 Å². The van der Waals surface area contributed by atoms with Crippen LogP contribution in [0.1, 0.15) is 38.5 Å². The van der Waals surface area contributed by atoms with E-state index in [9.17, 15) is 13.6 Å². The molecule has 0 aromatic heterocycles. The minimum atomic E-state index is -2.27. The zero-order chi connectivity index (χ0) is 14.6. The Bertz CT molecular complexity index is 417. The average molecular weight is 283 g/mol. The van der Waals surface area contributed by atoms with Crippen molar-refractivity contribution < 1.29 is 13.6 Å². The predicted octanol–water partition coefficient (Wildman–Crippen LogP) is 2.85. The quantitative estimate of drug-likeness (QED) is 0.691. The maximum atomic E-state index is 12.5. The van der Waals surface area contributed by atoms with Gasteiger partial charge in [0, 0.05) is 44.7 Å². The molecule has 4 nitrogen and oxygen atoms in total. The van der Waals surface area contributed by atoms with Gasteiger partial charge in [-0.2, -0.15) is 10.2 Å². The number of halogens is 2. The molecule has 0 aromatic carbocycles. The fraction of sp³-hybridized carbons (Fsp3) is 0.786. The molecule has 0 aromatic rings. The fourth-order valence-corrected chi connectivity index (χ4v) is 2.53. The monoisotopic (exact) mass is 283 g/mol. The van der Waals surface area contributed by atoms with E-state index in [-0.39, 0.29) is 5.91 Å². The number of carbonyl (C=O) groups is 1. The van der Waals surface area contributed by atoms with Crippen molar-refractivity contribution in [3.05, 3.63) is 0 Å². The second-order valence-electron chi connectivity index (χ2n) is 5.44. The van der Waals surface area contributed by atoms with Gasteiger partial charge in [0.15, 0.2) is 5.66 Å². The van der Waals surface area contributed by atoms with Crippen LogP contribution in [0.3, 0.4) is 0 Å². The van der Waals surface area contributed by atoms with Gasteiger partial charge in [0.1, 0.15) is 0 Å². The van der Waals surface area contributed by atoms with E-state index < -0.39 is 18.0 Å². The SMILES string of the molecule is C#CCCC1(CCC(=O)N2CCC(C(F)F)CC2)N=N1. The molecule has 1 fully saturated rings. The second kappa shape index (κ2) is 6.29. The molecule has 0 saturated carbocycles. The van der Waals surface area contributed by atoms with Crippen LogP contribution in [-0.4, -0.2) is 36.0 Å². The van der Waals surface area contributed by atoms with Gasteiger partial charge in [0.2, 0.25) is 12.3 Å². The zero-order valence-electron chi connectivity index (χ0n) is 11.4. The molecular formula is C14H19F2N3O. The summed E-state index contributed by atoms with van der Waals surface area (Å²) >= 11 is 0. The van der Waals surface area contributed by atoms with Crippen LogP contribution in [0.2, 0.25) is 0 Å². The van der Waals surface area contributed by atoms with E-state index in [1.54, 1.807) is 4.90 Å². The van der Waals surface area contributed by atoms with Crippen LogP contribution in [0.15, 0.2) is 10.2 Å². The number of likely N-dealkylation sites (tertiary alicyclic amines) is 1. The highest BCUT2D eigenvalue weighted by Crippen LogP contribution is 2.37. The summed E-state index contributed by atoms with van der Waals surface area (Å²) in [5.74, 6) is 1.99. The summed E-state index contributed by atoms with van der Waals surface area (Å²) in [6.45, 7) is 0.860. The molecule has 0 aliphatic carbocycles. The first-order chi connectivity index (χ1) is 9.56. The summed E-state index contributed by atoms with van der Waals surface area (Å²) in [6.07, 6.45) is 5.92. The molecule has 1 saturated heterocycles. The first kappa shape index (κ1) is 14.9. The summed E-state index contributed by atoms with van der Waals surface area (Å²) in [5, 5.41) is 7.97. The molecule has 110 valence electrons. The molecule has 2 heterocycles. The van der Waals surface area contributed by atoms with Crippen LogP contribution in [0.25, 0.3) is 0 Å². The minimum absolute atomic E-state index is 0.00935. The Kier molecular flexibility index (Phi) is 4.69. The van der Waals surface area contributed by atoms with Crippen molar-refractivity contribution in [1.82, 2.24) is 4.90 Å². The first-order valence-electron chi connectivity index (χ1n) is 7.00. The number of nitrogens with zero attached hydrogens (tertiary/aromatic N) is 3. The summed E-state index contributed by atoms with van der Waals surface area (Å²) in [5.41, 5.74) is -0.441. The van der Waals surface area contributed by atoms with E-state index in [0.29, 0.717) is 51.6 Å².